The molecule has 124 valence electrons. The maximum atomic E-state index is 10.1. The summed E-state index contributed by atoms with van der Waals surface area (Å²) >= 11 is 12.1. The number of phenols is 1. The van der Waals surface area contributed by atoms with E-state index in [4.69, 9.17) is 28.9 Å². The second-order valence-electron chi connectivity index (χ2n) is 5.58. The van der Waals surface area contributed by atoms with Gasteiger partial charge in [0.1, 0.15) is 11.6 Å². The van der Waals surface area contributed by atoms with Crippen LogP contribution in [0, 0.1) is 0 Å². The molecule has 4 N–H and O–H groups in total. The average Bonchev–Trinajstić information content (AvgIpc) is 2.54. The molecule has 0 aliphatic rings. The summed E-state index contributed by atoms with van der Waals surface area (Å²) in [5.41, 5.74) is 6.98. The Morgan fingerprint density at radius 1 is 1.12 bits per heavy atom. The molecular weight excluding hydrogens is 347 g/mol. The maximum Gasteiger partial charge on any atom is 0.165 e. The van der Waals surface area contributed by atoms with E-state index >= 15 is 0 Å². The van der Waals surface area contributed by atoms with E-state index in [0.717, 1.165) is 5.39 Å². The van der Waals surface area contributed by atoms with Crippen molar-refractivity contribution < 1.29 is 5.11 Å². The molecule has 24 heavy (non-hydrogen) atoms. The Labute approximate surface area is 149 Å². The van der Waals surface area contributed by atoms with Gasteiger partial charge in [0, 0.05) is 28.0 Å². The molecule has 0 bridgehead atoms. The molecule has 3 aromatic rings. The van der Waals surface area contributed by atoms with E-state index in [1.165, 1.54) is 6.07 Å². The van der Waals surface area contributed by atoms with Crippen molar-refractivity contribution in [2.75, 3.05) is 11.9 Å². The number of halogens is 2. The number of phenolic OH excluding ortho intramolecular Hbond substituents is 1. The van der Waals surface area contributed by atoms with Crippen LogP contribution < -0.4 is 11.1 Å². The number of benzene rings is 2. The van der Waals surface area contributed by atoms with Crippen LogP contribution in [0.25, 0.3) is 22.3 Å². The average molecular weight is 363 g/mol. The van der Waals surface area contributed by atoms with Crippen molar-refractivity contribution in [3.63, 3.8) is 0 Å². The number of aromatic nitrogens is 2. The zero-order chi connectivity index (χ0) is 17.3. The molecule has 1 unspecified atom stereocenters. The highest BCUT2D eigenvalue weighted by Crippen LogP contribution is 2.33. The Morgan fingerprint density at radius 3 is 2.58 bits per heavy atom. The maximum absolute atomic E-state index is 10.1. The highest BCUT2D eigenvalue weighted by atomic mass is 35.5. The van der Waals surface area contributed by atoms with Crippen molar-refractivity contribution in [2.45, 2.75) is 13.0 Å². The van der Waals surface area contributed by atoms with Crippen LogP contribution in [0.1, 0.15) is 6.92 Å². The molecule has 0 saturated carbocycles. The van der Waals surface area contributed by atoms with E-state index in [-0.39, 0.29) is 11.8 Å². The van der Waals surface area contributed by atoms with Crippen LogP contribution in [0.5, 0.6) is 5.75 Å². The van der Waals surface area contributed by atoms with Gasteiger partial charge in [-0.05, 0) is 43.3 Å². The van der Waals surface area contributed by atoms with Gasteiger partial charge in [-0.15, -0.1) is 0 Å². The second kappa shape index (κ2) is 6.81. The molecule has 0 aliphatic heterocycles. The predicted molar refractivity (Wildman–Crippen MR) is 98.8 cm³/mol. The summed E-state index contributed by atoms with van der Waals surface area (Å²) in [5.74, 6) is 1.04. The smallest absolute Gasteiger partial charge is 0.165 e. The van der Waals surface area contributed by atoms with Crippen molar-refractivity contribution in [1.82, 2.24) is 9.97 Å². The van der Waals surface area contributed by atoms with Gasteiger partial charge in [0.2, 0.25) is 0 Å². The van der Waals surface area contributed by atoms with Crippen LogP contribution in [-0.2, 0) is 0 Å². The zero-order valence-corrected chi connectivity index (χ0v) is 14.4. The molecule has 2 aromatic carbocycles. The molecule has 0 amide bonds. The third-order valence-corrected chi connectivity index (χ3v) is 3.92. The van der Waals surface area contributed by atoms with Crippen molar-refractivity contribution in [3.05, 3.63) is 46.4 Å². The topological polar surface area (TPSA) is 84.1 Å². The van der Waals surface area contributed by atoms with Crippen LogP contribution >= 0.6 is 23.2 Å². The minimum Gasteiger partial charge on any atom is -0.507 e. The molecule has 3 rings (SSSR count). The van der Waals surface area contributed by atoms with Gasteiger partial charge >= 0.3 is 0 Å². The van der Waals surface area contributed by atoms with E-state index in [1.54, 1.807) is 24.3 Å². The fraction of sp³-hybridized carbons (Fsp3) is 0.176. The number of nitrogens with two attached hydrogens (primary N) is 1. The van der Waals surface area contributed by atoms with Crippen LogP contribution in [0.4, 0.5) is 5.82 Å². The second-order valence-corrected chi connectivity index (χ2v) is 6.45. The Morgan fingerprint density at radius 2 is 1.83 bits per heavy atom. The first-order valence-electron chi connectivity index (χ1n) is 7.39. The highest BCUT2D eigenvalue weighted by molar-refractivity contribution is 6.31. The van der Waals surface area contributed by atoms with Gasteiger partial charge in [-0.2, -0.15) is 0 Å². The van der Waals surface area contributed by atoms with E-state index in [1.807, 2.05) is 13.0 Å². The van der Waals surface area contributed by atoms with E-state index < -0.39 is 0 Å². The molecule has 1 heterocycles. The van der Waals surface area contributed by atoms with Gasteiger partial charge in [-0.1, -0.05) is 23.2 Å². The summed E-state index contributed by atoms with van der Waals surface area (Å²) in [4.78, 5) is 9.05. The van der Waals surface area contributed by atoms with Gasteiger partial charge in [-0.3, -0.25) is 0 Å². The standard InChI is InChI=1S/C17H16Cl2N4O/c1-9(20)8-21-16-12-6-10(18)2-4-14(12)22-17(23-16)13-7-11(19)3-5-15(13)24/h2-7,9,24H,8,20H2,1H3,(H,21,22,23). The van der Waals surface area contributed by atoms with E-state index in [9.17, 15) is 5.11 Å². The number of rotatable bonds is 4. The number of fused-ring (bicyclic) bond motifs is 1. The fourth-order valence-corrected chi connectivity index (χ4v) is 2.65. The molecule has 0 saturated heterocycles. The number of anilines is 1. The quantitative estimate of drug-likeness (QED) is 0.651. The van der Waals surface area contributed by atoms with Crippen LogP contribution in [0.15, 0.2) is 36.4 Å². The summed E-state index contributed by atoms with van der Waals surface area (Å²) in [7, 11) is 0. The van der Waals surface area contributed by atoms with Crippen LogP contribution in [-0.4, -0.2) is 27.7 Å². The normalized spacial score (nSPS) is 12.3. The minimum atomic E-state index is -0.0442. The lowest BCUT2D eigenvalue weighted by molar-refractivity contribution is 0.477. The van der Waals surface area contributed by atoms with Gasteiger partial charge < -0.3 is 16.2 Å². The predicted octanol–water partition coefficient (Wildman–Crippen LogP) is 4.07. The Hall–Kier alpha value is -2.08. The Bertz CT molecular complexity index is 899. The Kier molecular flexibility index (Phi) is 4.76. The first kappa shape index (κ1) is 16.8. The molecule has 0 spiro atoms. The third kappa shape index (κ3) is 3.53. The fourth-order valence-electron chi connectivity index (χ4n) is 2.30. The lowest BCUT2D eigenvalue weighted by Gasteiger charge is -2.13. The number of nitrogens with zero attached hydrogens (tertiary/aromatic N) is 2. The van der Waals surface area contributed by atoms with Crippen molar-refractivity contribution in [1.29, 1.82) is 0 Å². The summed E-state index contributed by atoms with van der Waals surface area (Å²) in [6.07, 6.45) is 0. The summed E-state index contributed by atoms with van der Waals surface area (Å²) in [5, 5.41) is 15.2. The van der Waals surface area contributed by atoms with Crippen molar-refractivity contribution in [3.8, 4) is 17.1 Å². The molecule has 0 fully saturated rings. The lowest BCUT2D eigenvalue weighted by Crippen LogP contribution is -2.25. The first-order valence-corrected chi connectivity index (χ1v) is 8.15. The number of hydrogen-bond acceptors (Lipinski definition) is 5. The third-order valence-electron chi connectivity index (χ3n) is 3.45. The molecule has 1 atom stereocenters. The largest absolute Gasteiger partial charge is 0.507 e. The van der Waals surface area contributed by atoms with Gasteiger partial charge in [-0.25, -0.2) is 9.97 Å². The number of nitrogens with one attached hydrogen (secondary N) is 1. The summed E-state index contributed by atoms with van der Waals surface area (Å²) in [6.45, 7) is 2.44. The van der Waals surface area contributed by atoms with Crippen LogP contribution in [0.3, 0.4) is 0 Å². The highest BCUT2D eigenvalue weighted by Gasteiger charge is 2.13. The molecule has 1 aromatic heterocycles. The first-order chi connectivity index (χ1) is 11.4. The number of aromatic hydroxyl groups is 1. The lowest BCUT2D eigenvalue weighted by atomic mass is 10.1. The minimum absolute atomic E-state index is 0.0442. The molecular formula is C17H16Cl2N4O. The summed E-state index contributed by atoms with van der Waals surface area (Å²) in [6, 6.07) is 10.1. The molecule has 0 radical (unpaired) electrons. The van der Waals surface area contributed by atoms with Crippen molar-refractivity contribution in [2.24, 2.45) is 5.73 Å². The van der Waals surface area contributed by atoms with Crippen LogP contribution in [0.2, 0.25) is 10.0 Å². The molecule has 7 heteroatoms. The molecule has 0 aliphatic carbocycles. The Balaban J connectivity index is 2.19. The van der Waals surface area contributed by atoms with E-state index in [0.29, 0.717) is 39.3 Å². The van der Waals surface area contributed by atoms with Gasteiger partial charge in [0.15, 0.2) is 5.82 Å². The van der Waals surface area contributed by atoms with E-state index in [2.05, 4.69) is 15.3 Å². The summed E-state index contributed by atoms with van der Waals surface area (Å²) < 4.78 is 0. The number of hydrogen-bond donors (Lipinski definition) is 3. The van der Waals surface area contributed by atoms with Crippen molar-refractivity contribution >= 4 is 39.9 Å². The zero-order valence-electron chi connectivity index (χ0n) is 12.9. The SMILES string of the molecule is CC(N)CNc1nc(-c2cc(Cl)ccc2O)nc2ccc(Cl)cc12. The van der Waals surface area contributed by atoms with Gasteiger partial charge in [0.05, 0.1) is 11.1 Å². The van der Waals surface area contributed by atoms with Gasteiger partial charge in [0.25, 0.3) is 0 Å². The monoisotopic (exact) mass is 362 g/mol. The molecule has 5 nitrogen and oxygen atoms in total.